The summed E-state index contributed by atoms with van der Waals surface area (Å²) < 4.78 is 5.50. The Kier molecular flexibility index (Phi) is 3.14. The summed E-state index contributed by atoms with van der Waals surface area (Å²) in [7, 11) is 0. The summed E-state index contributed by atoms with van der Waals surface area (Å²) in [6.07, 6.45) is -0.895. The zero-order valence-corrected chi connectivity index (χ0v) is 11.7. The van der Waals surface area contributed by atoms with Crippen molar-refractivity contribution in [3.05, 3.63) is 12.7 Å². The summed E-state index contributed by atoms with van der Waals surface area (Å²) in [5.41, 5.74) is 6.41. The molecule has 1 fully saturated rings. The van der Waals surface area contributed by atoms with E-state index in [9.17, 15) is 15.3 Å². The van der Waals surface area contributed by atoms with Gasteiger partial charge in [0.15, 0.2) is 22.2 Å². The van der Waals surface area contributed by atoms with Crippen molar-refractivity contribution in [3.8, 4) is 0 Å². The molecule has 0 saturated carbocycles. The Morgan fingerprint density at radius 1 is 1.40 bits per heavy atom. The molecule has 2 unspecified atom stereocenters. The lowest BCUT2D eigenvalue weighted by Gasteiger charge is -2.22. The lowest BCUT2D eigenvalue weighted by atomic mass is 10.1. The highest BCUT2D eigenvalue weighted by molar-refractivity contribution is 9.10. The minimum atomic E-state index is -1.44. The van der Waals surface area contributed by atoms with Crippen LogP contribution in [0.1, 0.15) is 6.23 Å². The van der Waals surface area contributed by atoms with Gasteiger partial charge in [0.25, 0.3) is 0 Å². The second-order valence-electron chi connectivity index (χ2n) is 4.47. The number of hydrogen-bond acceptors (Lipinski definition) is 8. The van der Waals surface area contributed by atoms with E-state index in [1.54, 1.807) is 0 Å². The molecule has 4 atom stereocenters. The average molecular weight is 346 g/mol. The predicted molar refractivity (Wildman–Crippen MR) is 70.6 cm³/mol. The number of hydrogen-bond donors (Lipinski definition) is 4. The average Bonchev–Trinajstić information content (AvgIpc) is 2.96. The van der Waals surface area contributed by atoms with E-state index in [-0.39, 0.29) is 5.82 Å². The van der Waals surface area contributed by atoms with Crippen molar-refractivity contribution in [1.29, 1.82) is 0 Å². The minimum Gasteiger partial charge on any atom is -0.392 e. The monoisotopic (exact) mass is 345 g/mol. The highest BCUT2D eigenvalue weighted by atomic mass is 79.9. The van der Waals surface area contributed by atoms with Crippen LogP contribution < -0.4 is 5.73 Å². The molecular formula is C10H12BrN5O4. The van der Waals surface area contributed by atoms with E-state index in [0.717, 1.165) is 0 Å². The van der Waals surface area contributed by atoms with Crippen LogP contribution in [0.25, 0.3) is 11.2 Å². The van der Waals surface area contributed by atoms with Crippen molar-refractivity contribution >= 4 is 32.9 Å². The maximum Gasteiger partial charge on any atom is 0.176 e. The van der Waals surface area contributed by atoms with Gasteiger partial charge >= 0.3 is 0 Å². The van der Waals surface area contributed by atoms with Crippen LogP contribution in [-0.2, 0) is 4.74 Å². The first-order chi connectivity index (χ1) is 9.48. The Labute approximate surface area is 121 Å². The number of imidazole rings is 1. The SMILES string of the molecule is Nc1ncnc2c1ncn2[C@@H]1O[C@](Br)(CO)C(O)C1O. The molecule has 0 aromatic carbocycles. The van der Waals surface area contributed by atoms with E-state index in [4.69, 9.17) is 10.5 Å². The summed E-state index contributed by atoms with van der Waals surface area (Å²) in [6.45, 7) is -0.508. The molecular weight excluding hydrogens is 334 g/mol. The van der Waals surface area contributed by atoms with Crippen molar-refractivity contribution < 1.29 is 20.1 Å². The number of ether oxygens (including phenoxy) is 1. The molecule has 3 heterocycles. The molecule has 5 N–H and O–H groups in total. The summed E-state index contributed by atoms with van der Waals surface area (Å²) in [5, 5.41) is 29.3. The van der Waals surface area contributed by atoms with Gasteiger partial charge in [0.1, 0.15) is 24.1 Å². The molecule has 2 aromatic heterocycles. The molecule has 1 aliphatic rings. The number of anilines is 1. The molecule has 20 heavy (non-hydrogen) atoms. The minimum absolute atomic E-state index is 0.203. The van der Waals surface area contributed by atoms with E-state index >= 15 is 0 Å². The molecule has 9 nitrogen and oxygen atoms in total. The van der Waals surface area contributed by atoms with Gasteiger partial charge < -0.3 is 25.8 Å². The molecule has 2 aromatic rings. The number of aliphatic hydroxyl groups is 3. The number of aliphatic hydroxyl groups excluding tert-OH is 3. The molecule has 1 saturated heterocycles. The first-order valence-electron chi connectivity index (χ1n) is 5.74. The van der Waals surface area contributed by atoms with Crippen molar-refractivity contribution in [2.75, 3.05) is 12.3 Å². The molecule has 0 spiro atoms. The van der Waals surface area contributed by atoms with Gasteiger partial charge in [0.2, 0.25) is 0 Å². The lowest BCUT2D eigenvalue weighted by molar-refractivity contribution is -0.0665. The second-order valence-corrected chi connectivity index (χ2v) is 5.81. The Morgan fingerprint density at radius 2 is 2.15 bits per heavy atom. The van der Waals surface area contributed by atoms with Gasteiger partial charge in [-0.15, -0.1) is 0 Å². The van der Waals surface area contributed by atoms with E-state index in [2.05, 4.69) is 30.9 Å². The molecule has 10 heteroatoms. The molecule has 0 radical (unpaired) electrons. The number of nitrogens with zero attached hydrogens (tertiary/aromatic N) is 4. The molecule has 0 amide bonds. The molecule has 0 bridgehead atoms. The van der Waals surface area contributed by atoms with Crippen LogP contribution in [0.5, 0.6) is 0 Å². The van der Waals surface area contributed by atoms with Gasteiger partial charge in [-0.1, -0.05) is 0 Å². The number of alkyl halides is 1. The Balaban J connectivity index is 2.06. The van der Waals surface area contributed by atoms with Gasteiger partial charge in [-0.3, -0.25) is 4.57 Å². The second kappa shape index (κ2) is 4.60. The zero-order chi connectivity index (χ0) is 14.5. The first kappa shape index (κ1) is 13.6. The fraction of sp³-hybridized carbons (Fsp3) is 0.500. The topological polar surface area (TPSA) is 140 Å². The Morgan fingerprint density at radius 3 is 2.80 bits per heavy atom. The number of aromatic nitrogens is 4. The molecule has 0 aliphatic carbocycles. The summed E-state index contributed by atoms with van der Waals surface area (Å²) >= 11 is 3.08. The van der Waals surface area contributed by atoms with E-state index in [0.29, 0.717) is 11.2 Å². The number of nitrogens with two attached hydrogens (primary N) is 1. The molecule has 108 valence electrons. The fourth-order valence-corrected chi connectivity index (χ4v) is 2.62. The third-order valence-corrected chi connectivity index (χ3v) is 4.16. The van der Waals surface area contributed by atoms with Crippen LogP contribution >= 0.6 is 15.9 Å². The largest absolute Gasteiger partial charge is 0.392 e. The van der Waals surface area contributed by atoms with Crippen LogP contribution in [0.2, 0.25) is 0 Å². The fourth-order valence-electron chi connectivity index (χ4n) is 2.16. The first-order valence-corrected chi connectivity index (χ1v) is 6.54. The van der Waals surface area contributed by atoms with Gasteiger partial charge in [-0.05, 0) is 15.9 Å². The van der Waals surface area contributed by atoms with Crippen molar-refractivity contribution in [2.45, 2.75) is 22.9 Å². The number of halogens is 1. The highest BCUT2D eigenvalue weighted by Crippen LogP contribution is 2.41. The van der Waals surface area contributed by atoms with Crippen LogP contribution in [0.4, 0.5) is 5.82 Å². The summed E-state index contributed by atoms with van der Waals surface area (Å²) in [6, 6.07) is 0. The summed E-state index contributed by atoms with van der Waals surface area (Å²) in [5.74, 6) is 0.203. The van der Waals surface area contributed by atoms with Crippen molar-refractivity contribution in [1.82, 2.24) is 19.5 Å². The Hall–Kier alpha value is -1.33. The van der Waals surface area contributed by atoms with E-state index in [1.165, 1.54) is 17.2 Å². The van der Waals surface area contributed by atoms with Crippen molar-refractivity contribution in [3.63, 3.8) is 0 Å². The van der Waals surface area contributed by atoms with Crippen molar-refractivity contribution in [2.24, 2.45) is 0 Å². The number of nitrogen functional groups attached to an aromatic ring is 1. The van der Waals surface area contributed by atoms with Crippen LogP contribution in [-0.4, -0.2) is 58.2 Å². The highest BCUT2D eigenvalue weighted by Gasteiger charge is 2.53. The third kappa shape index (κ3) is 1.80. The van der Waals surface area contributed by atoms with Crippen LogP contribution in [0.3, 0.4) is 0 Å². The Bertz CT molecular complexity index is 652. The quantitative estimate of drug-likeness (QED) is 0.494. The normalized spacial score (nSPS) is 33.9. The third-order valence-electron chi connectivity index (χ3n) is 3.25. The molecule has 1 aliphatic heterocycles. The van der Waals surface area contributed by atoms with Gasteiger partial charge in [-0.25, -0.2) is 15.0 Å². The van der Waals surface area contributed by atoms with Gasteiger partial charge in [-0.2, -0.15) is 0 Å². The summed E-state index contributed by atoms with van der Waals surface area (Å²) in [4.78, 5) is 11.9. The zero-order valence-electron chi connectivity index (χ0n) is 10.1. The maximum atomic E-state index is 10.1. The number of fused-ring (bicyclic) bond motifs is 1. The van der Waals surface area contributed by atoms with Crippen LogP contribution in [0.15, 0.2) is 12.7 Å². The van der Waals surface area contributed by atoms with Crippen LogP contribution in [0, 0.1) is 0 Å². The van der Waals surface area contributed by atoms with Gasteiger partial charge in [0.05, 0.1) is 12.9 Å². The predicted octanol–water partition coefficient (Wildman–Crippen LogP) is -1.26. The van der Waals surface area contributed by atoms with E-state index in [1.807, 2.05) is 0 Å². The number of rotatable bonds is 2. The smallest absolute Gasteiger partial charge is 0.176 e. The van der Waals surface area contributed by atoms with Gasteiger partial charge in [0, 0.05) is 0 Å². The molecule has 3 rings (SSSR count). The lowest BCUT2D eigenvalue weighted by Crippen LogP contribution is -2.40. The van der Waals surface area contributed by atoms with E-state index < -0.39 is 29.6 Å². The standard InChI is InChI=1S/C10H12BrN5O4/c11-10(1-17)6(19)5(18)9(20-10)16-3-15-4-7(12)13-2-14-8(4)16/h2-3,5-6,9,17-19H,1H2,(H2,12,13,14)/t5?,6?,9-,10-/m1/s1. The maximum absolute atomic E-state index is 10.1.